The molecule has 2 N–H and O–H groups in total. The van der Waals surface area contributed by atoms with E-state index in [1.54, 1.807) is 28.8 Å². The molecule has 1 aromatic carbocycles. The molecule has 2 aromatic rings. The van der Waals surface area contributed by atoms with Gasteiger partial charge >= 0.3 is 0 Å². The second kappa shape index (κ2) is 10.1. The van der Waals surface area contributed by atoms with Crippen LogP contribution in [-0.4, -0.2) is 38.4 Å². The Kier molecular flexibility index (Phi) is 7.55. The zero-order valence-corrected chi connectivity index (χ0v) is 18.2. The number of rotatable bonds is 7. The molecule has 1 aromatic heterocycles. The number of carbonyl (C=O) groups excluding carboxylic acids is 2. The Hall–Kier alpha value is -2.06. The van der Waals surface area contributed by atoms with Gasteiger partial charge in [-0.25, -0.2) is 0 Å². The van der Waals surface area contributed by atoms with E-state index in [1.165, 1.54) is 31.0 Å². The summed E-state index contributed by atoms with van der Waals surface area (Å²) in [6.07, 6.45) is 4.65. The quantitative estimate of drug-likeness (QED) is 0.652. The van der Waals surface area contributed by atoms with Crippen molar-refractivity contribution in [1.82, 2.24) is 25.4 Å². The van der Waals surface area contributed by atoms with Crippen molar-refractivity contribution in [2.45, 2.75) is 50.4 Å². The average Bonchev–Trinajstić information content (AvgIpc) is 3.06. The molecular formula is C20H26ClN5O2S. The van der Waals surface area contributed by atoms with Crippen molar-refractivity contribution in [3.63, 3.8) is 0 Å². The van der Waals surface area contributed by atoms with Crippen LogP contribution in [0.25, 0.3) is 0 Å². The Balaban J connectivity index is 1.48. The molecule has 0 aliphatic heterocycles. The summed E-state index contributed by atoms with van der Waals surface area (Å²) in [5.74, 6) is 1.26. The highest BCUT2D eigenvalue weighted by molar-refractivity contribution is 7.99. The number of aromatic nitrogens is 3. The summed E-state index contributed by atoms with van der Waals surface area (Å²) >= 11 is 7.19. The summed E-state index contributed by atoms with van der Waals surface area (Å²) in [7, 11) is 1.83. The van der Waals surface area contributed by atoms with Crippen LogP contribution in [0, 0.1) is 5.92 Å². The van der Waals surface area contributed by atoms with Gasteiger partial charge in [-0.3, -0.25) is 9.59 Å². The van der Waals surface area contributed by atoms with E-state index in [-0.39, 0.29) is 24.4 Å². The number of amides is 2. The van der Waals surface area contributed by atoms with E-state index >= 15 is 0 Å². The highest BCUT2D eigenvalue weighted by atomic mass is 35.5. The van der Waals surface area contributed by atoms with E-state index in [2.05, 4.69) is 27.8 Å². The van der Waals surface area contributed by atoms with Crippen LogP contribution < -0.4 is 10.6 Å². The Labute approximate surface area is 180 Å². The summed E-state index contributed by atoms with van der Waals surface area (Å²) in [5, 5.41) is 15.5. The zero-order valence-electron chi connectivity index (χ0n) is 16.7. The Morgan fingerprint density at radius 1 is 1.21 bits per heavy atom. The van der Waals surface area contributed by atoms with Crippen molar-refractivity contribution in [2.24, 2.45) is 13.0 Å². The molecule has 0 saturated heterocycles. The third kappa shape index (κ3) is 5.96. The molecule has 2 unspecified atom stereocenters. The molecule has 1 aliphatic carbocycles. The molecule has 1 heterocycles. The minimum Gasteiger partial charge on any atom is -0.352 e. The first-order valence-corrected chi connectivity index (χ1v) is 11.1. The van der Waals surface area contributed by atoms with Crippen LogP contribution in [0.5, 0.6) is 0 Å². The fourth-order valence-corrected chi connectivity index (χ4v) is 4.26. The molecule has 2 amide bonds. The number of nitrogens with one attached hydrogen (secondary N) is 2. The molecule has 29 heavy (non-hydrogen) atoms. The number of thioether (sulfide) groups is 1. The van der Waals surface area contributed by atoms with Gasteiger partial charge in [-0.05, 0) is 43.0 Å². The van der Waals surface area contributed by atoms with Crippen molar-refractivity contribution in [1.29, 1.82) is 0 Å². The lowest BCUT2D eigenvalue weighted by molar-refractivity contribution is -0.119. The van der Waals surface area contributed by atoms with Crippen LogP contribution in [-0.2, 0) is 18.4 Å². The third-order valence-electron chi connectivity index (χ3n) is 5.23. The van der Waals surface area contributed by atoms with Crippen LogP contribution in [0.1, 0.15) is 48.8 Å². The van der Waals surface area contributed by atoms with Crippen molar-refractivity contribution in [3.05, 3.63) is 40.7 Å². The van der Waals surface area contributed by atoms with Gasteiger partial charge in [-0.15, -0.1) is 10.2 Å². The normalized spacial score (nSPS) is 19.0. The van der Waals surface area contributed by atoms with Crippen molar-refractivity contribution < 1.29 is 9.59 Å². The summed E-state index contributed by atoms with van der Waals surface area (Å²) in [6, 6.07) is 6.96. The molecule has 1 aliphatic rings. The maximum Gasteiger partial charge on any atom is 0.251 e. The van der Waals surface area contributed by atoms with Gasteiger partial charge in [0.05, 0.1) is 12.3 Å². The lowest BCUT2D eigenvalue weighted by Crippen LogP contribution is -2.41. The molecular weight excluding hydrogens is 410 g/mol. The summed E-state index contributed by atoms with van der Waals surface area (Å²) in [5.41, 5.74) is 0.528. The lowest BCUT2D eigenvalue weighted by Gasteiger charge is -2.29. The minimum absolute atomic E-state index is 0.0225. The number of benzene rings is 1. The second-order valence-electron chi connectivity index (χ2n) is 7.37. The fraction of sp³-hybridized carbons (Fsp3) is 0.500. The van der Waals surface area contributed by atoms with Crippen LogP contribution in [0.15, 0.2) is 29.4 Å². The molecule has 0 spiro atoms. The zero-order chi connectivity index (χ0) is 20.8. The van der Waals surface area contributed by atoms with Gasteiger partial charge in [-0.1, -0.05) is 43.1 Å². The number of carbonyl (C=O) groups is 2. The van der Waals surface area contributed by atoms with E-state index < -0.39 is 0 Å². The second-order valence-corrected chi connectivity index (χ2v) is 8.75. The maximum absolute atomic E-state index is 12.3. The monoisotopic (exact) mass is 435 g/mol. The number of halogens is 1. The molecule has 9 heteroatoms. The molecule has 3 rings (SSSR count). The highest BCUT2D eigenvalue weighted by Crippen LogP contribution is 2.24. The first kappa shape index (κ1) is 21.6. The average molecular weight is 436 g/mol. The Morgan fingerprint density at radius 2 is 1.93 bits per heavy atom. The van der Waals surface area contributed by atoms with E-state index in [4.69, 9.17) is 11.6 Å². The lowest BCUT2D eigenvalue weighted by atomic mass is 9.86. The smallest absolute Gasteiger partial charge is 0.251 e. The van der Waals surface area contributed by atoms with Gasteiger partial charge in [-0.2, -0.15) is 0 Å². The standard InChI is InChI=1S/C20H26ClN5O2S/c1-13-5-3-4-6-16(13)23-18(27)12-29-20-25-24-17(26(20)2)11-22-19(28)14-7-9-15(21)10-8-14/h7-10,13,16H,3-6,11-12H2,1-2H3,(H,22,28)(H,23,27). The fourth-order valence-electron chi connectivity index (χ4n) is 3.40. The number of hydrogen-bond donors (Lipinski definition) is 2. The molecule has 1 saturated carbocycles. The summed E-state index contributed by atoms with van der Waals surface area (Å²) in [6.45, 7) is 2.45. The summed E-state index contributed by atoms with van der Waals surface area (Å²) in [4.78, 5) is 24.5. The molecule has 0 radical (unpaired) electrons. The molecule has 0 bridgehead atoms. The van der Waals surface area contributed by atoms with Gasteiger partial charge in [0, 0.05) is 23.7 Å². The van der Waals surface area contributed by atoms with Crippen molar-refractivity contribution >= 4 is 35.2 Å². The van der Waals surface area contributed by atoms with Crippen LogP contribution in [0.3, 0.4) is 0 Å². The van der Waals surface area contributed by atoms with Crippen LogP contribution in [0.4, 0.5) is 0 Å². The van der Waals surface area contributed by atoms with Gasteiger partial charge in [0.25, 0.3) is 5.91 Å². The Bertz CT molecular complexity index is 855. The first-order chi connectivity index (χ1) is 13.9. The van der Waals surface area contributed by atoms with Gasteiger partial charge in [0.15, 0.2) is 11.0 Å². The van der Waals surface area contributed by atoms with E-state index in [9.17, 15) is 9.59 Å². The third-order valence-corrected chi connectivity index (χ3v) is 6.50. The van der Waals surface area contributed by atoms with Crippen LogP contribution >= 0.6 is 23.4 Å². The number of hydrogen-bond acceptors (Lipinski definition) is 5. The highest BCUT2D eigenvalue weighted by Gasteiger charge is 2.23. The Morgan fingerprint density at radius 3 is 2.66 bits per heavy atom. The van der Waals surface area contributed by atoms with Gasteiger partial charge in [0.2, 0.25) is 5.91 Å². The van der Waals surface area contributed by atoms with Gasteiger partial charge in [0.1, 0.15) is 0 Å². The predicted octanol–water partition coefficient (Wildman–Crippen LogP) is 3.19. The topological polar surface area (TPSA) is 88.9 Å². The SMILES string of the molecule is CC1CCCCC1NC(=O)CSc1nnc(CNC(=O)c2ccc(Cl)cc2)n1C. The van der Waals surface area contributed by atoms with E-state index in [0.717, 1.165) is 6.42 Å². The molecule has 7 nitrogen and oxygen atoms in total. The van der Waals surface area contributed by atoms with Crippen molar-refractivity contribution in [2.75, 3.05) is 5.75 Å². The van der Waals surface area contributed by atoms with E-state index in [1.807, 2.05) is 7.05 Å². The molecule has 2 atom stereocenters. The summed E-state index contributed by atoms with van der Waals surface area (Å²) < 4.78 is 1.79. The van der Waals surface area contributed by atoms with Crippen LogP contribution in [0.2, 0.25) is 5.02 Å². The minimum atomic E-state index is -0.208. The maximum atomic E-state index is 12.3. The van der Waals surface area contributed by atoms with Gasteiger partial charge < -0.3 is 15.2 Å². The molecule has 1 fully saturated rings. The predicted molar refractivity (Wildman–Crippen MR) is 114 cm³/mol. The first-order valence-electron chi connectivity index (χ1n) is 9.78. The number of nitrogens with zero attached hydrogens (tertiary/aromatic N) is 3. The largest absolute Gasteiger partial charge is 0.352 e. The van der Waals surface area contributed by atoms with Crippen molar-refractivity contribution in [3.8, 4) is 0 Å². The molecule has 156 valence electrons. The van der Waals surface area contributed by atoms with E-state index in [0.29, 0.717) is 33.2 Å².